The van der Waals surface area contributed by atoms with Crippen molar-refractivity contribution >= 4 is 22.6 Å². The van der Waals surface area contributed by atoms with Crippen molar-refractivity contribution in [1.29, 1.82) is 0 Å². The summed E-state index contributed by atoms with van der Waals surface area (Å²) >= 11 is 0. The highest BCUT2D eigenvalue weighted by molar-refractivity contribution is 5.79. The van der Waals surface area contributed by atoms with Crippen LogP contribution in [0.15, 0.2) is 18.2 Å². The topological polar surface area (TPSA) is 87.0 Å². The zero-order chi connectivity index (χ0) is 14.8. The number of piperidine rings is 1. The number of nitrogens with two attached hydrogens (primary N) is 1. The maximum absolute atomic E-state index is 11.6. The number of aromatic nitrogens is 2. The fraction of sp³-hybridized carbons (Fsp3) is 0.467. The van der Waals surface area contributed by atoms with Gasteiger partial charge in [-0.1, -0.05) is 0 Å². The van der Waals surface area contributed by atoms with E-state index in [-0.39, 0.29) is 11.8 Å². The van der Waals surface area contributed by atoms with E-state index in [0.717, 1.165) is 55.0 Å². The predicted octanol–water partition coefficient (Wildman–Crippen LogP) is 1.10. The van der Waals surface area contributed by atoms with Crippen molar-refractivity contribution in [1.82, 2.24) is 20.2 Å². The molecule has 2 heterocycles. The molecule has 0 aliphatic carbocycles. The highest BCUT2D eigenvalue weighted by Gasteiger charge is 2.24. The van der Waals surface area contributed by atoms with Crippen LogP contribution in [0.3, 0.4) is 0 Å². The molecule has 1 amide bonds. The minimum absolute atomic E-state index is 0.154. The average molecular weight is 287 g/mol. The van der Waals surface area contributed by atoms with Crippen molar-refractivity contribution in [3.05, 3.63) is 24.0 Å². The van der Waals surface area contributed by atoms with E-state index in [1.165, 1.54) is 0 Å². The number of likely N-dealkylation sites (tertiary alicyclic amines) is 1. The van der Waals surface area contributed by atoms with Crippen molar-refractivity contribution in [2.75, 3.05) is 25.9 Å². The lowest BCUT2D eigenvalue weighted by Gasteiger charge is -2.30. The second kappa shape index (κ2) is 5.73. The lowest BCUT2D eigenvalue weighted by atomic mass is 9.96. The number of benzene rings is 1. The molecular weight excluding hydrogens is 266 g/mol. The monoisotopic (exact) mass is 287 g/mol. The van der Waals surface area contributed by atoms with Gasteiger partial charge in [0, 0.05) is 18.7 Å². The molecule has 6 nitrogen and oxygen atoms in total. The van der Waals surface area contributed by atoms with Gasteiger partial charge in [-0.25, -0.2) is 4.98 Å². The van der Waals surface area contributed by atoms with E-state index in [1.54, 1.807) is 7.05 Å². The van der Waals surface area contributed by atoms with E-state index in [9.17, 15) is 4.79 Å². The number of rotatable bonds is 3. The number of aromatic amines is 1. The SMILES string of the molecule is CNC(=O)C1CCN(Cc2nc3ccc(N)cc3[nH]2)CC1. The molecule has 6 heteroatoms. The third-order valence-electron chi connectivity index (χ3n) is 4.13. The summed E-state index contributed by atoms with van der Waals surface area (Å²) in [4.78, 5) is 21.9. The van der Waals surface area contributed by atoms with Gasteiger partial charge >= 0.3 is 0 Å². The highest BCUT2D eigenvalue weighted by atomic mass is 16.1. The minimum Gasteiger partial charge on any atom is -0.399 e. The van der Waals surface area contributed by atoms with Crippen molar-refractivity contribution in [3.63, 3.8) is 0 Å². The molecule has 0 radical (unpaired) electrons. The van der Waals surface area contributed by atoms with E-state index < -0.39 is 0 Å². The van der Waals surface area contributed by atoms with Crippen molar-refractivity contribution in [2.24, 2.45) is 5.92 Å². The molecule has 21 heavy (non-hydrogen) atoms. The van der Waals surface area contributed by atoms with Gasteiger partial charge in [0.25, 0.3) is 0 Å². The summed E-state index contributed by atoms with van der Waals surface area (Å²) < 4.78 is 0. The van der Waals surface area contributed by atoms with Crippen LogP contribution in [0.25, 0.3) is 11.0 Å². The first-order valence-electron chi connectivity index (χ1n) is 7.34. The summed E-state index contributed by atoms with van der Waals surface area (Å²) in [5.41, 5.74) is 8.44. The van der Waals surface area contributed by atoms with E-state index in [2.05, 4.69) is 20.2 Å². The summed E-state index contributed by atoms with van der Waals surface area (Å²) in [6, 6.07) is 5.70. The van der Waals surface area contributed by atoms with Gasteiger partial charge in [0.2, 0.25) is 5.91 Å². The number of carbonyl (C=O) groups excluding carboxylic acids is 1. The molecule has 1 aliphatic rings. The molecule has 1 aliphatic heterocycles. The van der Waals surface area contributed by atoms with Crippen molar-refractivity contribution in [2.45, 2.75) is 19.4 Å². The van der Waals surface area contributed by atoms with Gasteiger partial charge in [-0.15, -0.1) is 0 Å². The zero-order valence-corrected chi connectivity index (χ0v) is 12.2. The molecule has 1 fully saturated rings. The Bertz CT molecular complexity index is 643. The summed E-state index contributed by atoms with van der Waals surface area (Å²) in [6.07, 6.45) is 1.82. The van der Waals surface area contributed by atoms with E-state index in [4.69, 9.17) is 5.73 Å². The van der Waals surface area contributed by atoms with Gasteiger partial charge < -0.3 is 16.0 Å². The largest absolute Gasteiger partial charge is 0.399 e. The van der Waals surface area contributed by atoms with Crippen LogP contribution in [0.2, 0.25) is 0 Å². The fourth-order valence-corrected chi connectivity index (χ4v) is 2.92. The molecular formula is C15H21N5O. The molecule has 2 aromatic rings. The number of nitrogen functional groups attached to an aromatic ring is 1. The third kappa shape index (κ3) is 3.00. The van der Waals surface area contributed by atoms with E-state index >= 15 is 0 Å². The Labute approximate surface area is 123 Å². The van der Waals surface area contributed by atoms with E-state index in [0.29, 0.717) is 0 Å². The molecule has 4 N–H and O–H groups in total. The summed E-state index contributed by atoms with van der Waals surface area (Å²) in [5.74, 6) is 1.27. The number of hydrogen-bond acceptors (Lipinski definition) is 4. The predicted molar refractivity (Wildman–Crippen MR) is 82.6 cm³/mol. The number of amides is 1. The second-order valence-corrected chi connectivity index (χ2v) is 5.62. The average Bonchev–Trinajstić information content (AvgIpc) is 2.88. The summed E-state index contributed by atoms with van der Waals surface area (Å²) in [6.45, 7) is 2.64. The molecule has 3 rings (SSSR count). The van der Waals surface area contributed by atoms with Crippen molar-refractivity contribution in [3.8, 4) is 0 Å². The maximum atomic E-state index is 11.6. The van der Waals surface area contributed by atoms with Crippen LogP contribution in [0, 0.1) is 5.92 Å². The van der Waals surface area contributed by atoms with Gasteiger partial charge in [0.1, 0.15) is 5.82 Å². The number of hydrogen-bond donors (Lipinski definition) is 3. The Kier molecular flexibility index (Phi) is 3.79. The smallest absolute Gasteiger partial charge is 0.222 e. The molecule has 0 bridgehead atoms. The van der Waals surface area contributed by atoms with Crippen LogP contribution in [0.1, 0.15) is 18.7 Å². The van der Waals surface area contributed by atoms with Gasteiger partial charge in [-0.3, -0.25) is 9.69 Å². The molecule has 1 aromatic carbocycles. The van der Waals surface area contributed by atoms with Crippen LogP contribution >= 0.6 is 0 Å². The molecule has 0 spiro atoms. The van der Waals surface area contributed by atoms with Crippen LogP contribution in [0.4, 0.5) is 5.69 Å². The van der Waals surface area contributed by atoms with Gasteiger partial charge in [-0.2, -0.15) is 0 Å². The standard InChI is InChI=1S/C15H21N5O/c1-17-15(21)10-4-6-20(7-5-10)9-14-18-12-3-2-11(16)8-13(12)19-14/h2-3,8,10H,4-7,9,16H2,1H3,(H,17,21)(H,18,19). The number of carbonyl (C=O) groups is 1. The van der Waals surface area contributed by atoms with Crippen LogP contribution in [-0.4, -0.2) is 40.9 Å². The Balaban J connectivity index is 1.63. The fourth-order valence-electron chi connectivity index (χ4n) is 2.92. The minimum atomic E-state index is 0.154. The first-order valence-corrected chi connectivity index (χ1v) is 7.34. The third-order valence-corrected chi connectivity index (χ3v) is 4.13. The number of nitrogens with one attached hydrogen (secondary N) is 2. The quantitative estimate of drug-likeness (QED) is 0.738. The lowest BCUT2D eigenvalue weighted by Crippen LogP contribution is -2.39. The molecule has 1 aromatic heterocycles. The van der Waals surface area contributed by atoms with E-state index in [1.807, 2.05) is 18.2 Å². The van der Waals surface area contributed by atoms with Gasteiger partial charge in [0.15, 0.2) is 0 Å². The van der Waals surface area contributed by atoms with Gasteiger partial charge in [-0.05, 0) is 44.1 Å². The molecule has 112 valence electrons. The Hall–Kier alpha value is -2.08. The van der Waals surface area contributed by atoms with Crippen LogP contribution < -0.4 is 11.1 Å². The highest BCUT2D eigenvalue weighted by Crippen LogP contribution is 2.20. The molecule has 0 saturated carbocycles. The Morgan fingerprint density at radius 1 is 1.48 bits per heavy atom. The number of H-pyrrole nitrogens is 1. The van der Waals surface area contributed by atoms with Gasteiger partial charge in [0.05, 0.1) is 17.6 Å². The van der Waals surface area contributed by atoms with Crippen LogP contribution in [-0.2, 0) is 11.3 Å². The zero-order valence-electron chi connectivity index (χ0n) is 12.2. The summed E-state index contributed by atoms with van der Waals surface area (Å²) in [7, 11) is 1.70. The molecule has 1 saturated heterocycles. The Morgan fingerprint density at radius 3 is 2.95 bits per heavy atom. The normalized spacial score (nSPS) is 17.2. The Morgan fingerprint density at radius 2 is 2.24 bits per heavy atom. The summed E-state index contributed by atoms with van der Waals surface area (Å²) in [5, 5.41) is 2.73. The lowest BCUT2D eigenvalue weighted by molar-refractivity contribution is -0.125. The number of nitrogens with zero attached hydrogens (tertiary/aromatic N) is 2. The second-order valence-electron chi connectivity index (χ2n) is 5.62. The van der Waals surface area contributed by atoms with Crippen LogP contribution in [0.5, 0.6) is 0 Å². The molecule has 0 atom stereocenters. The number of fused-ring (bicyclic) bond motifs is 1. The first-order chi connectivity index (χ1) is 10.2. The first kappa shape index (κ1) is 13.9. The van der Waals surface area contributed by atoms with Crippen molar-refractivity contribution < 1.29 is 4.79 Å². The number of anilines is 1. The molecule has 0 unspecified atom stereocenters. The number of imidazole rings is 1. The maximum Gasteiger partial charge on any atom is 0.222 e.